The predicted molar refractivity (Wildman–Crippen MR) is 122 cm³/mol. The molecule has 1 saturated heterocycles. The van der Waals surface area contributed by atoms with Crippen LogP contribution in [0.2, 0.25) is 0 Å². The first-order valence-corrected chi connectivity index (χ1v) is 14.4. The second kappa shape index (κ2) is 8.56. The SMILES string of the molecule is O=C(NCC1CC1)c1c(CC(=O)C2CC2)sc2c1CC(C(=O)N1CCS(=O)(=O)CC1)CC2. The molecular formula is C23H30N2O5S2. The first kappa shape index (κ1) is 22.1. The Morgan fingerprint density at radius 1 is 1.00 bits per heavy atom. The standard InChI is InChI=1S/C23H30N2O5S2/c26-18(15-3-4-15)12-20-21(22(27)24-13-14-1-2-14)17-11-16(5-6-19(17)31-20)23(28)25-7-9-32(29,30)10-8-25/h14-16H,1-13H2,(H,24,27). The molecule has 32 heavy (non-hydrogen) atoms. The zero-order valence-electron chi connectivity index (χ0n) is 18.2. The molecule has 0 bridgehead atoms. The molecule has 1 N–H and O–H groups in total. The summed E-state index contributed by atoms with van der Waals surface area (Å²) in [5, 5.41) is 3.07. The number of hydrogen-bond acceptors (Lipinski definition) is 6. The Bertz CT molecular complexity index is 1040. The van der Waals surface area contributed by atoms with E-state index in [1.165, 1.54) is 0 Å². The van der Waals surface area contributed by atoms with E-state index in [1.54, 1.807) is 16.2 Å². The van der Waals surface area contributed by atoms with Crippen LogP contribution in [0.1, 0.15) is 57.8 Å². The number of carbonyl (C=O) groups excluding carboxylic acids is 3. The molecule has 3 fully saturated rings. The minimum absolute atomic E-state index is 0.00306. The third kappa shape index (κ3) is 4.78. The lowest BCUT2D eigenvalue weighted by atomic mass is 9.84. The fourth-order valence-corrected chi connectivity index (χ4v) is 7.35. The Morgan fingerprint density at radius 2 is 1.72 bits per heavy atom. The van der Waals surface area contributed by atoms with Gasteiger partial charge in [-0.2, -0.15) is 0 Å². The number of rotatable bonds is 7. The molecule has 7 nitrogen and oxygen atoms in total. The molecule has 4 aliphatic rings. The lowest BCUT2D eigenvalue weighted by Gasteiger charge is -2.32. The Kier molecular flexibility index (Phi) is 5.90. The number of fused-ring (bicyclic) bond motifs is 1. The van der Waals surface area contributed by atoms with Gasteiger partial charge >= 0.3 is 0 Å². The van der Waals surface area contributed by atoms with Gasteiger partial charge in [-0.15, -0.1) is 11.3 Å². The third-order valence-electron chi connectivity index (χ3n) is 7.18. The van der Waals surface area contributed by atoms with Gasteiger partial charge in [-0.3, -0.25) is 14.4 Å². The average Bonchev–Trinajstić information content (AvgIpc) is 3.67. The van der Waals surface area contributed by atoms with Crippen LogP contribution in [-0.2, 0) is 38.7 Å². The van der Waals surface area contributed by atoms with Crippen molar-refractivity contribution in [2.75, 3.05) is 31.1 Å². The molecule has 9 heteroatoms. The highest BCUT2D eigenvalue weighted by molar-refractivity contribution is 7.91. The maximum atomic E-state index is 13.2. The number of Topliss-reactive ketones (excluding diaryl/α,β-unsaturated/α-hetero) is 1. The molecule has 3 aliphatic carbocycles. The number of amides is 2. The number of aryl methyl sites for hydroxylation is 1. The maximum Gasteiger partial charge on any atom is 0.252 e. The normalized spacial score (nSPS) is 24.6. The first-order chi connectivity index (χ1) is 15.3. The van der Waals surface area contributed by atoms with E-state index in [2.05, 4.69) is 5.32 Å². The van der Waals surface area contributed by atoms with E-state index in [0.29, 0.717) is 37.3 Å². The van der Waals surface area contributed by atoms with Crippen LogP contribution in [0.15, 0.2) is 0 Å². The van der Waals surface area contributed by atoms with E-state index in [0.717, 1.165) is 47.4 Å². The Morgan fingerprint density at radius 3 is 2.38 bits per heavy atom. The van der Waals surface area contributed by atoms with Crippen LogP contribution < -0.4 is 5.32 Å². The van der Waals surface area contributed by atoms with Gasteiger partial charge in [0.15, 0.2) is 9.84 Å². The van der Waals surface area contributed by atoms with Crippen molar-refractivity contribution in [3.8, 4) is 0 Å². The van der Waals surface area contributed by atoms with Crippen molar-refractivity contribution in [2.45, 2.75) is 51.4 Å². The summed E-state index contributed by atoms with van der Waals surface area (Å²) in [6, 6.07) is 0. The predicted octanol–water partition coefficient (Wildman–Crippen LogP) is 1.77. The molecule has 1 atom stereocenters. The van der Waals surface area contributed by atoms with Gasteiger partial charge in [0, 0.05) is 47.6 Å². The van der Waals surface area contributed by atoms with Crippen LogP contribution >= 0.6 is 11.3 Å². The number of nitrogens with one attached hydrogen (secondary N) is 1. The number of carbonyl (C=O) groups is 3. The van der Waals surface area contributed by atoms with Crippen LogP contribution in [0.25, 0.3) is 0 Å². The largest absolute Gasteiger partial charge is 0.352 e. The van der Waals surface area contributed by atoms with Crippen LogP contribution in [0.4, 0.5) is 0 Å². The minimum atomic E-state index is -3.04. The van der Waals surface area contributed by atoms with Gasteiger partial charge in [-0.1, -0.05) is 0 Å². The minimum Gasteiger partial charge on any atom is -0.352 e. The maximum absolute atomic E-state index is 13.2. The zero-order valence-corrected chi connectivity index (χ0v) is 19.9. The molecule has 2 heterocycles. The number of nitrogens with zero attached hydrogens (tertiary/aromatic N) is 1. The summed E-state index contributed by atoms with van der Waals surface area (Å²) >= 11 is 1.58. The lowest BCUT2D eigenvalue weighted by Crippen LogP contribution is -2.47. The molecule has 174 valence electrons. The smallest absolute Gasteiger partial charge is 0.252 e. The second-order valence-electron chi connectivity index (χ2n) is 9.79. The van der Waals surface area contributed by atoms with Crippen molar-refractivity contribution in [1.29, 1.82) is 0 Å². The fourth-order valence-electron chi connectivity index (χ4n) is 4.79. The molecule has 1 unspecified atom stereocenters. The van der Waals surface area contributed by atoms with Gasteiger partial charge in [0.25, 0.3) is 5.91 Å². The number of sulfone groups is 1. The molecule has 2 amide bonds. The van der Waals surface area contributed by atoms with E-state index in [-0.39, 0.29) is 54.0 Å². The van der Waals surface area contributed by atoms with E-state index >= 15 is 0 Å². The van der Waals surface area contributed by atoms with E-state index in [1.807, 2.05) is 0 Å². The number of ketones is 1. The molecule has 1 aromatic heterocycles. The highest BCUT2D eigenvalue weighted by atomic mass is 32.2. The Labute approximate surface area is 192 Å². The lowest BCUT2D eigenvalue weighted by molar-refractivity contribution is -0.135. The van der Waals surface area contributed by atoms with E-state index < -0.39 is 9.84 Å². The third-order valence-corrected chi connectivity index (χ3v) is 10.1. The van der Waals surface area contributed by atoms with Crippen molar-refractivity contribution >= 4 is 38.8 Å². The Balaban J connectivity index is 1.35. The van der Waals surface area contributed by atoms with Crippen molar-refractivity contribution in [2.24, 2.45) is 17.8 Å². The quantitative estimate of drug-likeness (QED) is 0.644. The highest BCUT2D eigenvalue weighted by Gasteiger charge is 2.37. The van der Waals surface area contributed by atoms with Crippen molar-refractivity contribution in [3.63, 3.8) is 0 Å². The second-order valence-corrected chi connectivity index (χ2v) is 13.3. The van der Waals surface area contributed by atoms with Crippen LogP contribution in [0, 0.1) is 17.8 Å². The van der Waals surface area contributed by atoms with Gasteiger partial charge in [0.05, 0.1) is 17.1 Å². The van der Waals surface area contributed by atoms with Crippen LogP contribution in [0.5, 0.6) is 0 Å². The molecule has 5 rings (SSSR count). The first-order valence-electron chi connectivity index (χ1n) is 11.7. The average molecular weight is 479 g/mol. The number of hydrogen-bond donors (Lipinski definition) is 1. The topological polar surface area (TPSA) is 101 Å². The van der Waals surface area contributed by atoms with Crippen LogP contribution in [-0.4, -0.2) is 62.1 Å². The molecule has 2 saturated carbocycles. The van der Waals surface area contributed by atoms with Crippen LogP contribution in [0.3, 0.4) is 0 Å². The summed E-state index contributed by atoms with van der Waals surface area (Å²) in [6.45, 7) is 1.18. The van der Waals surface area contributed by atoms with Gasteiger partial charge in [-0.25, -0.2) is 8.42 Å². The van der Waals surface area contributed by atoms with Gasteiger partial charge in [0.2, 0.25) is 5.91 Å². The summed E-state index contributed by atoms with van der Waals surface area (Å²) in [5.74, 6) is 0.647. The number of thiophene rings is 1. The molecular weight excluding hydrogens is 448 g/mol. The summed E-state index contributed by atoms with van der Waals surface area (Å²) in [6.07, 6.45) is 6.45. The molecule has 0 spiro atoms. The van der Waals surface area contributed by atoms with Gasteiger partial charge < -0.3 is 10.2 Å². The molecule has 0 aromatic carbocycles. The molecule has 1 aromatic rings. The summed E-state index contributed by atoms with van der Waals surface area (Å²) < 4.78 is 23.5. The highest BCUT2D eigenvalue weighted by Crippen LogP contribution is 2.39. The Hall–Kier alpha value is -1.74. The van der Waals surface area contributed by atoms with Crippen molar-refractivity contribution in [3.05, 3.63) is 20.9 Å². The van der Waals surface area contributed by atoms with E-state index in [4.69, 9.17) is 0 Å². The van der Waals surface area contributed by atoms with E-state index in [9.17, 15) is 22.8 Å². The molecule has 0 radical (unpaired) electrons. The molecule has 1 aliphatic heterocycles. The van der Waals surface area contributed by atoms with Gasteiger partial charge in [0.1, 0.15) is 5.78 Å². The summed E-state index contributed by atoms with van der Waals surface area (Å²) in [4.78, 5) is 42.5. The fraction of sp³-hybridized carbons (Fsp3) is 0.696. The monoisotopic (exact) mass is 478 g/mol. The van der Waals surface area contributed by atoms with Crippen molar-refractivity contribution < 1.29 is 22.8 Å². The summed E-state index contributed by atoms with van der Waals surface area (Å²) in [7, 11) is -3.04. The zero-order chi connectivity index (χ0) is 22.5. The summed E-state index contributed by atoms with van der Waals surface area (Å²) in [5.41, 5.74) is 1.58. The van der Waals surface area contributed by atoms with Crippen molar-refractivity contribution in [1.82, 2.24) is 10.2 Å². The van der Waals surface area contributed by atoms with Gasteiger partial charge in [-0.05, 0) is 56.4 Å².